The molecule has 10 heteroatoms. The van der Waals surface area contributed by atoms with Gasteiger partial charge in [-0.25, -0.2) is 0 Å². The van der Waals surface area contributed by atoms with Crippen LogP contribution in [0.2, 0.25) is 0 Å². The fraction of sp³-hybridized carbons (Fsp3) is 1.00. The summed E-state index contributed by atoms with van der Waals surface area (Å²) < 4.78 is 22.6. The molecular formula is C21H40O10. The monoisotopic (exact) mass is 452 g/mol. The third-order valence-electron chi connectivity index (χ3n) is 6.13. The zero-order valence-electron chi connectivity index (χ0n) is 18.7. The van der Waals surface area contributed by atoms with Crippen molar-refractivity contribution in [2.75, 3.05) is 13.2 Å². The number of rotatable bonds is 11. The molecule has 2 fully saturated rings. The molecule has 31 heavy (non-hydrogen) atoms. The van der Waals surface area contributed by atoms with Crippen LogP contribution in [0.25, 0.3) is 0 Å². The molecule has 2 saturated heterocycles. The van der Waals surface area contributed by atoms with Crippen LogP contribution in [0.1, 0.15) is 59.3 Å². The van der Waals surface area contributed by atoms with Crippen LogP contribution >= 0.6 is 0 Å². The molecule has 0 saturated carbocycles. The van der Waals surface area contributed by atoms with Gasteiger partial charge in [0.15, 0.2) is 12.6 Å². The average Bonchev–Trinajstić information content (AvgIpc) is 2.74. The summed E-state index contributed by atoms with van der Waals surface area (Å²) in [5.74, 6) is 0. The summed E-state index contributed by atoms with van der Waals surface area (Å²) in [7, 11) is 0. The van der Waals surface area contributed by atoms with Crippen LogP contribution in [0, 0.1) is 0 Å². The lowest BCUT2D eigenvalue weighted by Gasteiger charge is -2.50. The van der Waals surface area contributed by atoms with Crippen molar-refractivity contribution in [3.63, 3.8) is 0 Å². The smallest absolute Gasteiger partial charge is 0.187 e. The fourth-order valence-electron chi connectivity index (χ4n) is 3.96. The van der Waals surface area contributed by atoms with Crippen molar-refractivity contribution in [1.29, 1.82) is 0 Å². The quantitative estimate of drug-likeness (QED) is 0.224. The number of hydrogen-bond donors (Lipinski definition) is 6. The molecule has 0 bridgehead atoms. The third-order valence-corrected chi connectivity index (χ3v) is 6.13. The van der Waals surface area contributed by atoms with E-state index in [1.165, 1.54) is 20.3 Å². The summed E-state index contributed by atoms with van der Waals surface area (Å²) in [6.45, 7) is 4.75. The first-order valence-corrected chi connectivity index (χ1v) is 11.3. The van der Waals surface area contributed by atoms with Gasteiger partial charge in [-0.1, -0.05) is 39.0 Å². The van der Waals surface area contributed by atoms with Gasteiger partial charge in [-0.05, 0) is 20.3 Å². The zero-order chi connectivity index (χ0) is 23.2. The number of aliphatic hydroxyl groups is 6. The SMILES string of the molecule is CCCCCCCCO[C@@H]1O[C@H](CO)[C@H](O)[C@](C)(O)[C@H]1O[C@@H]1O[C@@H](C)[C@@H](O)[C@@H](O)[C@@H]1O. The van der Waals surface area contributed by atoms with Gasteiger partial charge in [0.2, 0.25) is 0 Å². The highest BCUT2D eigenvalue weighted by atomic mass is 16.8. The second-order valence-corrected chi connectivity index (χ2v) is 8.77. The van der Waals surface area contributed by atoms with Crippen LogP contribution in [-0.4, -0.2) is 105 Å². The van der Waals surface area contributed by atoms with E-state index in [-0.39, 0.29) is 0 Å². The summed E-state index contributed by atoms with van der Waals surface area (Å²) >= 11 is 0. The summed E-state index contributed by atoms with van der Waals surface area (Å²) in [5.41, 5.74) is -1.91. The number of aliphatic hydroxyl groups excluding tert-OH is 5. The summed E-state index contributed by atoms with van der Waals surface area (Å²) in [5, 5.41) is 61.1. The molecule has 0 unspecified atom stereocenters. The maximum absolute atomic E-state index is 11.0. The lowest BCUT2D eigenvalue weighted by Crippen LogP contribution is -2.69. The number of unbranched alkanes of at least 4 members (excludes halogenated alkanes) is 5. The molecule has 0 aromatic carbocycles. The molecule has 2 aliphatic heterocycles. The van der Waals surface area contributed by atoms with Crippen molar-refractivity contribution in [3.8, 4) is 0 Å². The molecule has 10 nitrogen and oxygen atoms in total. The van der Waals surface area contributed by atoms with Gasteiger partial charge in [-0.3, -0.25) is 0 Å². The average molecular weight is 453 g/mol. The van der Waals surface area contributed by atoms with E-state index < -0.39 is 67.5 Å². The van der Waals surface area contributed by atoms with E-state index in [0.717, 1.165) is 32.1 Å². The highest BCUT2D eigenvalue weighted by Crippen LogP contribution is 2.35. The molecule has 2 rings (SSSR count). The van der Waals surface area contributed by atoms with E-state index in [0.29, 0.717) is 6.61 Å². The van der Waals surface area contributed by atoms with E-state index in [1.54, 1.807) is 0 Å². The van der Waals surface area contributed by atoms with Crippen LogP contribution in [0.5, 0.6) is 0 Å². The van der Waals surface area contributed by atoms with Crippen molar-refractivity contribution in [3.05, 3.63) is 0 Å². The van der Waals surface area contributed by atoms with E-state index in [4.69, 9.17) is 18.9 Å². The normalized spacial score (nSPS) is 43.8. The first kappa shape index (κ1) is 26.8. The second-order valence-electron chi connectivity index (χ2n) is 8.77. The molecule has 10 atom stereocenters. The Bertz CT molecular complexity index is 518. The zero-order valence-corrected chi connectivity index (χ0v) is 18.7. The minimum absolute atomic E-state index is 0.312. The van der Waals surface area contributed by atoms with Gasteiger partial charge >= 0.3 is 0 Å². The van der Waals surface area contributed by atoms with Crippen LogP contribution in [-0.2, 0) is 18.9 Å². The molecule has 0 aliphatic carbocycles. The van der Waals surface area contributed by atoms with Gasteiger partial charge in [0.1, 0.15) is 42.2 Å². The minimum Gasteiger partial charge on any atom is -0.394 e. The van der Waals surface area contributed by atoms with Gasteiger partial charge in [-0.15, -0.1) is 0 Å². The largest absolute Gasteiger partial charge is 0.394 e. The van der Waals surface area contributed by atoms with Gasteiger partial charge < -0.3 is 49.6 Å². The van der Waals surface area contributed by atoms with E-state index in [1.807, 2.05) is 0 Å². The second kappa shape index (κ2) is 12.2. The van der Waals surface area contributed by atoms with Crippen molar-refractivity contribution in [2.45, 2.75) is 120 Å². The van der Waals surface area contributed by atoms with E-state index in [2.05, 4.69) is 6.92 Å². The summed E-state index contributed by atoms with van der Waals surface area (Å²) in [6, 6.07) is 0. The maximum atomic E-state index is 11.0. The topological polar surface area (TPSA) is 158 Å². The molecule has 184 valence electrons. The Morgan fingerprint density at radius 1 is 0.871 bits per heavy atom. The Hall–Kier alpha value is -0.400. The molecule has 0 amide bonds. The predicted molar refractivity (Wildman–Crippen MR) is 109 cm³/mol. The molecule has 2 heterocycles. The van der Waals surface area contributed by atoms with Gasteiger partial charge in [0.05, 0.1) is 12.7 Å². The number of ether oxygens (including phenoxy) is 4. The van der Waals surface area contributed by atoms with E-state index in [9.17, 15) is 30.6 Å². The van der Waals surface area contributed by atoms with Crippen LogP contribution in [0.4, 0.5) is 0 Å². The van der Waals surface area contributed by atoms with Crippen molar-refractivity contribution >= 4 is 0 Å². The Morgan fingerprint density at radius 3 is 2.16 bits per heavy atom. The Balaban J connectivity index is 2.05. The highest BCUT2D eigenvalue weighted by Gasteiger charge is 2.56. The standard InChI is InChI=1S/C21H40O10/c1-4-5-6-7-8-9-10-28-20-18(21(3,27)17(26)13(11-22)30-20)31-19-16(25)15(24)14(23)12(2)29-19/h12-20,22-27H,4-11H2,1-3H3/t12-,13+,14+,15+,16-,17-,18-,19-,20+,21-/m0/s1. The molecule has 0 aromatic rings. The summed E-state index contributed by atoms with van der Waals surface area (Å²) in [6.07, 6.45) is -5.37. The van der Waals surface area contributed by atoms with Crippen molar-refractivity contribution in [2.24, 2.45) is 0 Å². The Morgan fingerprint density at radius 2 is 1.52 bits per heavy atom. The lowest BCUT2D eigenvalue weighted by atomic mass is 9.85. The van der Waals surface area contributed by atoms with Crippen molar-refractivity contribution < 1.29 is 49.6 Å². The molecular weight excluding hydrogens is 412 g/mol. The fourth-order valence-corrected chi connectivity index (χ4v) is 3.96. The minimum atomic E-state index is -1.91. The molecule has 2 aliphatic rings. The van der Waals surface area contributed by atoms with E-state index >= 15 is 0 Å². The van der Waals surface area contributed by atoms with Crippen molar-refractivity contribution in [1.82, 2.24) is 0 Å². The molecule has 6 N–H and O–H groups in total. The van der Waals surface area contributed by atoms with Gasteiger partial charge in [-0.2, -0.15) is 0 Å². The van der Waals surface area contributed by atoms with Gasteiger partial charge in [0.25, 0.3) is 0 Å². The lowest BCUT2D eigenvalue weighted by molar-refractivity contribution is -0.382. The maximum Gasteiger partial charge on any atom is 0.187 e. The highest BCUT2D eigenvalue weighted by molar-refractivity contribution is 5.01. The molecule has 0 radical (unpaired) electrons. The van der Waals surface area contributed by atoms with Gasteiger partial charge in [0, 0.05) is 6.61 Å². The first-order valence-electron chi connectivity index (χ1n) is 11.3. The predicted octanol–water partition coefficient (Wildman–Crippen LogP) is -0.595. The molecule has 0 spiro atoms. The summed E-state index contributed by atoms with van der Waals surface area (Å²) in [4.78, 5) is 0. The van der Waals surface area contributed by atoms with Crippen LogP contribution < -0.4 is 0 Å². The Labute approximate surface area is 183 Å². The van der Waals surface area contributed by atoms with Crippen LogP contribution in [0.3, 0.4) is 0 Å². The number of hydrogen-bond acceptors (Lipinski definition) is 10. The molecule has 0 aromatic heterocycles. The third kappa shape index (κ3) is 6.57. The first-order chi connectivity index (χ1) is 14.6. The Kier molecular flexibility index (Phi) is 10.5. The van der Waals surface area contributed by atoms with Crippen LogP contribution in [0.15, 0.2) is 0 Å².